The number of amides is 1. The number of hydrogen-bond acceptors (Lipinski definition) is 3. The van der Waals surface area contributed by atoms with Crippen LogP contribution in [0.5, 0.6) is 5.75 Å². The molecule has 2 aromatic rings. The largest absolute Gasteiger partial charge is 0.483 e. The van der Waals surface area contributed by atoms with Gasteiger partial charge in [0.25, 0.3) is 5.91 Å². The zero-order valence-electron chi connectivity index (χ0n) is 13.8. The molecule has 1 amide bonds. The Labute approximate surface area is 141 Å². The lowest BCUT2D eigenvalue weighted by Gasteiger charge is -2.15. The number of hydrogen-bond donors (Lipinski definition) is 2. The van der Waals surface area contributed by atoms with Crippen LogP contribution in [-0.2, 0) is 4.79 Å². The lowest BCUT2D eigenvalue weighted by atomic mass is 9.98. The molecular formula is C19H21NO4. The lowest BCUT2D eigenvalue weighted by Crippen LogP contribution is -2.20. The highest BCUT2D eigenvalue weighted by atomic mass is 16.5. The fourth-order valence-electron chi connectivity index (χ4n) is 2.31. The van der Waals surface area contributed by atoms with Gasteiger partial charge in [0.15, 0.2) is 6.61 Å². The van der Waals surface area contributed by atoms with Crippen molar-refractivity contribution in [2.75, 3.05) is 11.9 Å². The maximum Gasteiger partial charge on any atom is 0.335 e. The summed E-state index contributed by atoms with van der Waals surface area (Å²) >= 11 is 0. The van der Waals surface area contributed by atoms with Gasteiger partial charge < -0.3 is 15.2 Å². The number of carboxylic acid groups (broad SMARTS) is 1. The number of rotatable bonds is 7. The molecule has 0 saturated heterocycles. The summed E-state index contributed by atoms with van der Waals surface area (Å²) in [6.07, 6.45) is 0.981. The second kappa shape index (κ2) is 8.15. The molecule has 0 spiro atoms. The van der Waals surface area contributed by atoms with E-state index < -0.39 is 5.97 Å². The highest BCUT2D eigenvalue weighted by Gasteiger charge is 2.11. The van der Waals surface area contributed by atoms with Crippen molar-refractivity contribution < 1.29 is 19.4 Å². The Morgan fingerprint density at radius 3 is 2.62 bits per heavy atom. The normalized spacial score (nSPS) is 11.6. The lowest BCUT2D eigenvalue weighted by molar-refractivity contribution is -0.118. The molecule has 0 aromatic heterocycles. The molecule has 24 heavy (non-hydrogen) atoms. The third kappa shape index (κ3) is 4.59. The summed E-state index contributed by atoms with van der Waals surface area (Å²) in [5.41, 5.74) is 1.62. The maximum absolute atomic E-state index is 12.0. The van der Waals surface area contributed by atoms with Crippen LogP contribution in [0.25, 0.3) is 0 Å². The smallest absolute Gasteiger partial charge is 0.335 e. The van der Waals surface area contributed by atoms with E-state index in [4.69, 9.17) is 9.84 Å². The van der Waals surface area contributed by atoms with E-state index in [0.29, 0.717) is 17.4 Å². The Morgan fingerprint density at radius 1 is 1.17 bits per heavy atom. The Hall–Kier alpha value is -2.82. The quantitative estimate of drug-likeness (QED) is 0.808. The van der Waals surface area contributed by atoms with Gasteiger partial charge in [0.1, 0.15) is 5.75 Å². The third-order valence-corrected chi connectivity index (χ3v) is 3.81. The van der Waals surface area contributed by atoms with Crippen LogP contribution in [0.4, 0.5) is 5.69 Å². The van der Waals surface area contributed by atoms with Crippen LogP contribution in [-0.4, -0.2) is 23.6 Å². The number of para-hydroxylation sites is 1. The van der Waals surface area contributed by atoms with Crippen LogP contribution in [0.2, 0.25) is 0 Å². The number of aromatic carboxylic acids is 1. The summed E-state index contributed by atoms with van der Waals surface area (Å²) in [5.74, 6) is -0.334. The van der Waals surface area contributed by atoms with Gasteiger partial charge in [0.2, 0.25) is 0 Å². The molecule has 0 aliphatic heterocycles. The summed E-state index contributed by atoms with van der Waals surface area (Å²) in [4.78, 5) is 23.0. The van der Waals surface area contributed by atoms with Crippen molar-refractivity contribution >= 4 is 17.6 Å². The zero-order chi connectivity index (χ0) is 17.5. The van der Waals surface area contributed by atoms with Gasteiger partial charge in [-0.2, -0.15) is 0 Å². The van der Waals surface area contributed by atoms with Gasteiger partial charge in [-0.25, -0.2) is 4.79 Å². The minimum absolute atomic E-state index is 0.121. The highest BCUT2D eigenvalue weighted by molar-refractivity contribution is 5.94. The number of nitrogens with one attached hydrogen (secondary N) is 1. The summed E-state index contributed by atoms with van der Waals surface area (Å²) in [7, 11) is 0. The van der Waals surface area contributed by atoms with Crippen LogP contribution in [0.3, 0.4) is 0 Å². The first kappa shape index (κ1) is 17.5. The molecule has 0 aliphatic carbocycles. The molecule has 5 nitrogen and oxygen atoms in total. The molecule has 126 valence electrons. The van der Waals surface area contributed by atoms with Crippen LogP contribution >= 0.6 is 0 Å². The minimum atomic E-state index is -1.04. The van der Waals surface area contributed by atoms with Crippen LogP contribution in [0, 0.1) is 0 Å². The van der Waals surface area contributed by atoms with Crippen molar-refractivity contribution in [1.29, 1.82) is 0 Å². The molecule has 2 rings (SSSR count). The topological polar surface area (TPSA) is 75.6 Å². The van der Waals surface area contributed by atoms with E-state index in [1.807, 2.05) is 24.3 Å². The van der Waals surface area contributed by atoms with E-state index in [1.165, 1.54) is 12.1 Å². The van der Waals surface area contributed by atoms with Gasteiger partial charge in [-0.3, -0.25) is 4.79 Å². The average Bonchev–Trinajstić information content (AvgIpc) is 2.59. The van der Waals surface area contributed by atoms with Crippen molar-refractivity contribution in [2.45, 2.75) is 26.2 Å². The third-order valence-electron chi connectivity index (χ3n) is 3.81. The summed E-state index contributed by atoms with van der Waals surface area (Å²) in [5, 5.41) is 11.6. The molecule has 0 heterocycles. The predicted octanol–water partition coefficient (Wildman–Crippen LogP) is 3.92. The van der Waals surface area contributed by atoms with Gasteiger partial charge in [0, 0.05) is 5.69 Å². The van der Waals surface area contributed by atoms with Crippen LogP contribution < -0.4 is 10.1 Å². The summed E-state index contributed by atoms with van der Waals surface area (Å²) in [6.45, 7) is 4.08. The number of anilines is 1. The van der Waals surface area contributed by atoms with Crippen molar-refractivity contribution in [1.82, 2.24) is 0 Å². The van der Waals surface area contributed by atoms with E-state index in [2.05, 4.69) is 19.2 Å². The minimum Gasteiger partial charge on any atom is -0.483 e. The van der Waals surface area contributed by atoms with Gasteiger partial charge in [-0.05, 0) is 42.2 Å². The zero-order valence-corrected chi connectivity index (χ0v) is 13.8. The number of ether oxygens (including phenoxy) is 1. The SMILES string of the molecule is CCC(C)c1ccccc1OCC(=O)Nc1cccc(C(=O)O)c1. The van der Waals surface area contributed by atoms with Crippen molar-refractivity contribution in [3.8, 4) is 5.75 Å². The average molecular weight is 327 g/mol. The first-order valence-corrected chi connectivity index (χ1v) is 7.86. The fourth-order valence-corrected chi connectivity index (χ4v) is 2.31. The van der Waals surface area contributed by atoms with Gasteiger partial charge >= 0.3 is 5.97 Å². The Bertz CT molecular complexity index is 727. The van der Waals surface area contributed by atoms with E-state index in [-0.39, 0.29) is 18.1 Å². The Kier molecular flexibility index (Phi) is 5.95. The fraction of sp³-hybridized carbons (Fsp3) is 0.263. The van der Waals surface area contributed by atoms with Crippen molar-refractivity contribution in [2.24, 2.45) is 0 Å². The second-order valence-corrected chi connectivity index (χ2v) is 5.57. The molecule has 1 atom stereocenters. The number of carbonyl (C=O) groups is 2. The van der Waals surface area contributed by atoms with Crippen LogP contribution in [0.15, 0.2) is 48.5 Å². The number of carbonyl (C=O) groups excluding carboxylic acids is 1. The van der Waals surface area contributed by atoms with E-state index in [1.54, 1.807) is 12.1 Å². The first-order chi connectivity index (χ1) is 11.5. The molecule has 2 N–H and O–H groups in total. The molecule has 0 fully saturated rings. The van der Waals surface area contributed by atoms with E-state index in [0.717, 1.165) is 12.0 Å². The van der Waals surface area contributed by atoms with Crippen molar-refractivity contribution in [3.63, 3.8) is 0 Å². The molecule has 0 radical (unpaired) electrons. The van der Waals surface area contributed by atoms with Gasteiger partial charge in [-0.1, -0.05) is 38.1 Å². The standard InChI is InChI=1S/C19H21NO4/c1-3-13(2)16-9-4-5-10-17(16)24-12-18(21)20-15-8-6-7-14(11-15)19(22)23/h4-11,13H,3,12H2,1-2H3,(H,20,21)(H,22,23). The van der Waals surface area contributed by atoms with Crippen molar-refractivity contribution in [3.05, 3.63) is 59.7 Å². The molecule has 0 saturated carbocycles. The molecule has 0 bridgehead atoms. The second-order valence-electron chi connectivity index (χ2n) is 5.57. The maximum atomic E-state index is 12.0. The molecule has 0 aliphatic rings. The van der Waals surface area contributed by atoms with E-state index in [9.17, 15) is 9.59 Å². The summed E-state index contributed by atoms with van der Waals surface area (Å²) in [6, 6.07) is 13.8. The Balaban J connectivity index is 1.99. The van der Waals surface area contributed by atoms with Crippen LogP contribution in [0.1, 0.15) is 42.1 Å². The first-order valence-electron chi connectivity index (χ1n) is 7.86. The number of benzene rings is 2. The predicted molar refractivity (Wildman–Crippen MR) is 92.7 cm³/mol. The molecular weight excluding hydrogens is 306 g/mol. The highest BCUT2D eigenvalue weighted by Crippen LogP contribution is 2.28. The van der Waals surface area contributed by atoms with Gasteiger partial charge in [-0.15, -0.1) is 0 Å². The Morgan fingerprint density at radius 2 is 1.92 bits per heavy atom. The van der Waals surface area contributed by atoms with E-state index >= 15 is 0 Å². The molecule has 5 heteroatoms. The number of carboxylic acids is 1. The molecule has 2 aromatic carbocycles. The monoisotopic (exact) mass is 327 g/mol. The molecule has 1 unspecified atom stereocenters. The summed E-state index contributed by atoms with van der Waals surface area (Å²) < 4.78 is 5.64. The van der Waals surface area contributed by atoms with Gasteiger partial charge in [0.05, 0.1) is 5.56 Å².